The molecule has 10 heteroatoms. The number of rotatable bonds is 7. The second kappa shape index (κ2) is 10.1. The van der Waals surface area contributed by atoms with Gasteiger partial charge in [-0.1, -0.05) is 30.7 Å². The molecule has 1 aromatic carbocycles. The van der Waals surface area contributed by atoms with Gasteiger partial charge in [-0.05, 0) is 23.6 Å². The SMILES string of the molecule is C[C@H](Cc1nc(Cc2cnccn2)cc(N2CCN(S(C)(=O)=O)CC2)n1)c1ccc(Cl)cc1. The summed E-state index contributed by atoms with van der Waals surface area (Å²) in [5.74, 6) is 1.78. The molecule has 0 radical (unpaired) electrons. The zero-order valence-electron chi connectivity index (χ0n) is 18.7. The van der Waals surface area contributed by atoms with Gasteiger partial charge in [-0.2, -0.15) is 4.31 Å². The number of hydrogen-bond donors (Lipinski definition) is 0. The van der Waals surface area contributed by atoms with Crippen LogP contribution in [0.2, 0.25) is 5.02 Å². The van der Waals surface area contributed by atoms with Crippen LogP contribution in [0.25, 0.3) is 0 Å². The molecule has 1 aliphatic rings. The minimum absolute atomic E-state index is 0.212. The van der Waals surface area contributed by atoms with Gasteiger partial charge >= 0.3 is 0 Å². The van der Waals surface area contributed by atoms with E-state index in [4.69, 9.17) is 21.6 Å². The second-order valence-corrected chi connectivity index (χ2v) is 10.7. The molecule has 0 spiro atoms. The summed E-state index contributed by atoms with van der Waals surface area (Å²) < 4.78 is 25.3. The maximum atomic E-state index is 11.9. The van der Waals surface area contributed by atoms with E-state index < -0.39 is 10.0 Å². The smallest absolute Gasteiger partial charge is 0.211 e. The van der Waals surface area contributed by atoms with Gasteiger partial charge < -0.3 is 4.90 Å². The largest absolute Gasteiger partial charge is 0.354 e. The van der Waals surface area contributed by atoms with Crippen molar-refractivity contribution in [3.8, 4) is 0 Å². The first-order chi connectivity index (χ1) is 15.8. The molecule has 33 heavy (non-hydrogen) atoms. The van der Waals surface area contributed by atoms with Crippen molar-refractivity contribution in [2.75, 3.05) is 37.3 Å². The second-order valence-electron chi connectivity index (χ2n) is 8.31. The molecule has 2 aromatic heterocycles. The van der Waals surface area contributed by atoms with Crippen molar-refractivity contribution >= 4 is 27.4 Å². The van der Waals surface area contributed by atoms with E-state index in [1.54, 1.807) is 18.6 Å². The fraction of sp³-hybridized carbons (Fsp3) is 0.391. The number of sulfonamides is 1. The Bertz CT molecular complexity index is 1180. The summed E-state index contributed by atoms with van der Waals surface area (Å²) >= 11 is 6.04. The number of nitrogens with zero attached hydrogens (tertiary/aromatic N) is 6. The first-order valence-electron chi connectivity index (χ1n) is 10.8. The van der Waals surface area contributed by atoms with Gasteiger partial charge in [-0.25, -0.2) is 18.4 Å². The molecular weight excluding hydrogens is 460 g/mol. The Morgan fingerprint density at radius 3 is 2.39 bits per heavy atom. The zero-order chi connectivity index (χ0) is 23.4. The number of anilines is 1. The fourth-order valence-electron chi connectivity index (χ4n) is 3.92. The van der Waals surface area contributed by atoms with Crippen LogP contribution in [0.15, 0.2) is 48.9 Å². The molecule has 0 unspecified atom stereocenters. The molecule has 0 saturated carbocycles. The van der Waals surface area contributed by atoms with E-state index in [2.05, 4.69) is 21.8 Å². The average Bonchev–Trinajstić information content (AvgIpc) is 2.79. The van der Waals surface area contributed by atoms with Crippen LogP contribution >= 0.6 is 11.6 Å². The van der Waals surface area contributed by atoms with Gasteiger partial charge in [-0.15, -0.1) is 0 Å². The van der Waals surface area contributed by atoms with Crippen molar-refractivity contribution in [3.63, 3.8) is 0 Å². The molecule has 3 aromatic rings. The average molecular weight is 487 g/mol. The Morgan fingerprint density at radius 1 is 1.03 bits per heavy atom. The van der Waals surface area contributed by atoms with Crippen LogP contribution in [0, 0.1) is 0 Å². The van der Waals surface area contributed by atoms with E-state index in [9.17, 15) is 8.42 Å². The van der Waals surface area contributed by atoms with Crippen LogP contribution in [-0.2, 0) is 22.9 Å². The highest BCUT2D eigenvalue weighted by atomic mass is 35.5. The minimum Gasteiger partial charge on any atom is -0.354 e. The summed E-state index contributed by atoms with van der Waals surface area (Å²) in [4.78, 5) is 20.3. The molecular formula is C23H27ClN6O2S. The standard InChI is InChI=1S/C23H27ClN6O2S/c1-17(18-3-5-19(24)6-4-18)13-22-27-20(14-21-16-25-7-8-26-21)15-23(28-22)29-9-11-30(12-10-29)33(2,31)32/h3-8,15-17H,9-14H2,1-2H3/t17-/m1/s1. The predicted octanol–water partition coefficient (Wildman–Crippen LogP) is 2.94. The van der Waals surface area contributed by atoms with E-state index in [0.29, 0.717) is 44.0 Å². The van der Waals surface area contributed by atoms with Crippen LogP contribution in [0.3, 0.4) is 0 Å². The van der Waals surface area contributed by atoms with Crippen LogP contribution in [0.1, 0.15) is 35.6 Å². The van der Waals surface area contributed by atoms with Gasteiger partial charge in [0.05, 0.1) is 17.6 Å². The summed E-state index contributed by atoms with van der Waals surface area (Å²) in [6.07, 6.45) is 7.53. The van der Waals surface area contributed by atoms with Gasteiger partial charge in [0.15, 0.2) is 0 Å². The molecule has 8 nitrogen and oxygen atoms in total. The van der Waals surface area contributed by atoms with Crippen LogP contribution < -0.4 is 4.90 Å². The fourth-order valence-corrected chi connectivity index (χ4v) is 4.87. The maximum absolute atomic E-state index is 11.9. The number of piperazine rings is 1. The van der Waals surface area contributed by atoms with Crippen molar-refractivity contribution < 1.29 is 8.42 Å². The van der Waals surface area contributed by atoms with Crippen molar-refractivity contribution in [3.05, 3.63) is 76.7 Å². The van der Waals surface area contributed by atoms with Gasteiger partial charge in [0.1, 0.15) is 11.6 Å². The van der Waals surface area contributed by atoms with Crippen LogP contribution in [0.4, 0.5) is 5.82 Å². The Hall–Kier alpha value is -2.62. The lowest BCUT2D eigenvalue weighted by molar-refractivity contribution is 0.386. The minimum atomic E-state index is -3.19. The highest BCUT2D eigenvalue weighted by Gasteiger charge is 2.25. The van der Waals surface area contributed by atoms with Crippen molar-refractivity contribution in [1.82, 2.24) is 24.2 Å². The van der Waals surface area contributed by atoms with E-state index in [1.807, 2.05) is 30.3 Å². The maximum Gasteiger partial charge on any atom is 0.211 e. The molecule has 0 aliphatic carbocycles. The lowest BCUT2D eigenvalue weighted by atomic mass is 9.97. The molecule has 3 heterocycles. The van der Waals surface area contributed by atoms with E-state index in [0.717, 1.165) is 23.0 Å². The summed E-state index contributed by atoms with van der Waals surface area (Å²) in [5, 5.41) is 0.712. The molecule has 174 valence electrons. The van der Waals surface area contributed by atoms with Gasteiger partial charge in [0.2, 0.25) is 10.0 Å². The zero-order valence-corrected chi connectivity index (χ0v) is 20.3. The van der Waals surface area contributed by atoms with Gasteiger partial charge in [-0.3, -0.25) is 9.97 Å². The van der Waals surface area contributed by atoms with E-state index in [-0.39, 0.29) is 5.92 Å². The molecule has 1 fully saturated rings. The molecule has 4 rings (SSSR count). The molecule has 0 N–H and O–H groups in total. The van der Waals surface area contributed by atoms with Gasteiger partial charge in [0.25, 0.3) is 0 Å². The number of benzene rings is 1. The summed E-state index contributed by atoms with van der Waals surface area (Å²) in [6.45, 7) is 4.20. The Kier molecular flexibility index (Phi) is 7.21. The molecule has 1 aliphatic heterocycles. The third-order valence-electron chi connectivity index (χ3n) is 5.75. The highest BCUT2D eigenvalue weighted by molar-refractivity contribution is 7.88. The Morgan fingerprint density at radius 2 is 1.76 bits per heavy atom. The molecule has 1 atom stereocenters. The molecule has 0 amide bonds. The number of hydrogen-bond acceptors (Lipinski definition) is 7. The molecule has 0 bridgehead atoms. The van der Waals surface area contributed by atoms with Crippen LogP contribution in [-0.4, -0.2) is 65.1 Å². The van der Waals surface area contributed by atoms with Crippen molar-refractivity contribution in [2.45, 2.75) is 25.7 Å². The lowest BCUT2D eigenvalue weighted by Crippen LogP contribution is -2.48. The Labute approximate surface area is 199 Å². The van der Waals surface area contributed by atoms with E-state index in [1.165, 1.54) is 16.1 Å². The quantitative estimate of drug-likeness (QED) is 0.507. The monoisotopic (exact) mass is 486 g/mol. The normalized spacial score (nSPS) is 16.0. The summed E-state index contributed by atoms with van der Waals surface area (Å²) in [6, 6.07) is 9.82. The molecule has 1 saturated heterocycles. The topological polar surface area (TPSA) is 92.2 Å². The van der Waals surface area contributed by atoms with Crippen molar-refractivity contribution in [2.24, 2.45) is 0 Å². The first-order valence-corrected chi connectivity index (χ1v) is 13.1. The summed E-state index contributed by atoms with van der Waals surface area (Å²) in [7, 11) is -3.19. The number of halogens is 1. The van der Waals surface area contributed by atoms with E-state index >= 15 is 0 Å². The lowest BCUT2D eigenvalue weighted by Gasteiger charge is -2.34. The third kappa shape index (κ3) is 6.25. The summed E-state index contributed by atoms with van der Waals surface area (Å²) in [5.41, 5.74) is 2.87. The predicted molar refractivity (Wildman–Crippen MR) is 129 cm³/mol. The third-order valence-corrected chi connectivity index (χ3v) is 7.31. The van der Waals surface area contributed by atoms with Crippen molar-refractivity contribution in [1.29, 1.82) is 0 Å². The highest BCUT2D eigenvalue weighted by Crippen LogP contribution is 2.24. The first kappa shape index (κ1) is 23.5. The van der Waals surface area contributed by atoms with Crippen LogP contribution in [0.5, 0.6) is 0 Å². The number of aromatic nitrogens is 4. The Balaban J connectivity index is 1.58. The van der Waals surface area contributed by atoms with Gasteiger partial charge in [0, 0.05) is 68.7 Å².